The second kappa shape index (κ2) is 8.84. The highest BCUT2D eigenvalue weighted by atomic mass is 16.5. The van der Waals surface area contributed by atoms with Gasteiger partial charge in [-0.1, -0.05) is 42.5 Å². The van der Waals surface area contributed by atoms with E-state index >= 15 is 0 Å². The van der Waals surface area contributed by atoms with Crippen LogP contribution in [-0.2, 0) is 16.1 Å². The molecule has 1 amide bonds. The molecule has 2 N–H and O–H groups in total. The molecule has 132 valence electrons. The van der Waals surface area contributed by atoms with E-state index in [9.17, 15) is 14.7 Å². The number of hydrogen-bond donors (Lipinski definition) is 2. The minimum absolute atomic E-state index is 0.146. The van der Waals surface area contributed by atoms with Crippen molar-refractivity contribution in [2.45, 2.75) is 25.7 Å². The lowest BCUT2D eigenvalue weighted by Gasteiger charge is -2.20. The molecule has 0 spiro atoms. The normalized spacial score (nSPS) is 12.8. The van der Waals surface area contributed by atoms with Gasteiger partial charge in [0.2, 0.25) is 0 Å². The molecule has 0 fully saturated rings. The lowest BCUT2D eigenvalue weighted by molar-refractivity contribution is 0.0599. The third-order valence-electron chi connectivity index (χ3n) is 3.68. The zero-order valence-electron chi connectivity index (χ0n) is 14.1. The molecule has 6 nitrogen and oxygen atoms in total. The van der Waals surface area contributed by atoms with Crippen LogP contribution in [0.4, 0.5) is 4.79 Å². The van der Waals surface area contributed by atoms with Gasteiger partial charge in [0, 0.05) is 0 Å². The third kappa shape index (κ3) is 5.32. The number of amides is 1. The summed E-state index contributed by atoms with van der Waals surface area (Å²) in [5.41, 5.74) is 1.70. The number of rotatable bonds is 6. The molecule has 0 aliphatic carbocycles. The molecular formula is C19H21NO5. The van der Waals surface area contributed by atoms with E-state index in [2.05, 4.69) is 10.1 Å². The van der Waals surface area contributed by atoms with Crippen molar-refractivity contribution in [1.29, 1.82) is 0 Å². The number of hydrogen-bond acceptors (Lipinski definition) is 5. The summed E-state index contributed by atoms with van der Waals surface area (Å²) in [6, 6.07) is 15.1. The first-order valence-electron chi connectivity index (χ1n) is 7.85. The van der Waals surface area contributed by atoms with Gasteiger partial charge in [-0.3, -0.25) is 0 Å². The van der Waals surface area contributed by atoms with Gasteiger partial charge in [0.1, 0.15) is 6.61 Å². The molecular weight excluding hydrogens is 322 g/mol. The Balaban J connectivity index is 1.92. The van der Waals surface area contributed by atoms with Crippen molar-refractivity contribution in [2.24, 2.45) is 0 Å². The zero-order chi connectivity index (χ0) is 18.2. The number of aliphatic hydroxyl groups excluding tert-OH is 1. The van der Waals surface area contributed by atoms with Crippen molar-refractivity contribution in [2.75, 3.05) is 7.11 Å². The summed E-state index contributed by atoms with van der Waals surface area (Å²) in [5.74, 6) is -0.489. The van der Waals surface area contributed by atoms with Crippen LogP contribution in [-0.4, -0.2) is 30.3 Å². The second-order valence-corrected chi connectivity index (χ2v) is 5.56. The van der Waals surface area contributed by atoms with E-state index in [0.717, 1.165) is 5.56 Å². The Hall–Kier alpha value is -2.86. The number of carbonyl (C=O) groups is 2. The van der Waals surface area contributed by atoms with Crippen LogP contribution in [0.2, 0.25) is 0 Å². The van der Waals surface area contributed by atoms with Crippen LogP contribution < -0.4 is 5.32 Å². The highest BCUT2D eigenvalue weighted by Gasteiger charge is 2.20. The molecule has 6 heteroatoms. The molecule has 0 saturated carbocycles. The maximum atomic E-state index is 11.9. The third-order valence-corrected chi connectivity index (χ3v) is 3.68. The topological polar surface area (TPSA) is 84.9 Å². The Kier molecular flexibility index (Phi) is 6.54. The van der Waals surface area contributed by atoms with Crippen LogP contribution in [0.15, 0.2) is 54.6 Å². The Morgan fingerprint density at radius 3 is 2.52 bits per heavy atom. The van der Waals surface area contributed by atoms with Crippen LogP contribution >= 0.6 is 0 Å². The number of benzene rings is 2. The first-order chi connectivity index (χ1) is 12.0. The summed E-state index contributed by atoms with van der Waals surface area (Å²) >= 11 is 0. The molecule has 0 saturated heterocycles. The van der Waals surface area contributed by atoms with Crippen molar-refractivity contribution in [1.82, 2.24) is 5.32 Å². The Morgan fingerprint density at radius 1 is 1.12 bits per heavy atom. The predicted octanol–water partition coefficient (Wildman–Crippen LogP) is 2.82. The quantitative estimate of drug-likeness (QED) is 0.788. The van der Waals surface area contributed by atoms with Gasteiger partial charge in [-0.15, -0.1) is 0 Å². The Morgan fingerprint density at radius 2 is 1.84 bits per heavy atom. The molecule has 0 heterocycles. The van der Waals surface area contributed by atoms with E-state index in [0.29, 0.717) is 11.1 Å². The first-order valence-corrected chi connectivity index (χ1v) is 7.85. The number of nitrogens with one attached hydrogen (secondary N) is 1. The Bertz CT molecular complexity index is 717. The maximum Gasteiger partial charge on any atom is 0.407 e. The maximum absolute atomic E-state index is 11.9. The van der Waals surface area contributed by atoms with Gasteiger partial charge in [0.05, 0.1) is 24.8 Å². The highest BCUT2D eigenvalue weighted by Crippen LogP contribution is 2.18. The molecule has 0 aliphatic heterocycles. The van der Waals surface area contributed by atoms with Crippen LogP contribution in [0, 0.1) is 0 Å². The average molecular weight is 343 g/mol. The largest absolute Gasteiger partial charge is 0.465 e. The van der Waals surface area contributed by atoms with Gasteiger partial charge in [-0.2, -0.15) is 0 Å². The highest BCUT2D eigenvalue weighted by molar-refractivity contribution is 5.89. The van der Waals surface area contributed by atoms with E-state index in [1.54, 1.807) is 25.1 Å². The molecule has 2 aromatic rings. The molecule has 0 bridgehead atoms. The number of carbonyl (C=O) groups excluding carboxylic acids is 2. The minimum atomic E-state index is -0.992. The van der Waals surface area contributed by atoms with E-state index in [1.807, 2.05) is 30.3 Å². The number of methoxy groups -OCH3 is 1. The minimum Gasteiger partial charge on any atom is -0.465 e. The van der Waals surface area contributed by atoms with Crippen LogP contribution in [0.3, 0.4) is 0 Å². The SMILES string of the molecule is COC(=O)c1cccc([C@@H](O)[C@H](C)NC(=O)OCc2ccccc2)c1. The number of esters is 1. The fraction of sp³-hybridized carbons (Fsp3) is 0.263. The molecule has 2 aromatic carbocycles. The predicted molar refractivity (Wildman–Crippen MR) is 92.0 cm³/mol. The summed E-state index contributed by atoms with van der Waals surface area (Å²) in [4.78, 5) is 23.4. The van der Waals surface area contributed by atoms with E-state index in [1.165, 1.54) is 13.2 Å². The van der Waals surface area contributed by atoms with Crippen LogP contribution in [0.25, 0.3) is 0 Å². The fourth-order valence-corrected chi connectivity index (χ4v) is 2.29. The lowest BCUT2D eigenvalue weighted by Crippen LogP contribution is -2.37. The zero-order valence-corrected chi connectivity index (χ0v) is 14.1. The lowest BCUT2D eigenvalue weighted by atomic mass is 10.0. The van der Waals surface area contributed by atoms with Crippen molar-refractivity contribution in [3.05, 3.63) is 71.3 Å². The van der Waals surface area contributed by atoms with Gasteiger partial charge in [0.25, 0.3) is 0 Å². The summed E-state index contributed by atoms with van der Waals surface area (Å²) in [6.45, 7) is 1.80. The summed E-state index contributed by atoms with van der Waals surface area (Å²) in [6.07, 6.45) is -1.62. The van der Waals surface area contributed by atoms with Crippen molar-refractivity contribution < 1.29 is 24.2 Å². The number of ether oxygens (including phenoxy) is 2. The van der Waals surface area contributed by atoms with Crippen molar-refractivity contribution in [3.63, 3.8) is 0 Å². The molecule has 25 heavy (non-hydrogen) atoms. The number of alkyl carbamates (subject to hydrolysis) is 1. The number of aliphatic hydroxyl groups is 1. The molecule has 0 radical (unpaired) electrons. The fourth-order valence-electron chi connectivity index (χ4n) is 2.29. The average Bonchev–Trinajstić information content (AvgIpc) is 2.66. The van der Waals surface area contributed by atoms with Gasteiger partial charge in [0.15, 0.2) is 0 Å². The van der Waals surface area contributed by atoms with Gasteiger partial charge in [-0.05, 0) is 30.2 Å². The van der Waals surface area contributed by atoms with Crippen molar-refractivity contribution in [3.8, 4) is 0 Å². The van der Waals surface area contributed by atoms with E-state index in [-0.39, 0.29) is 6.61 Å². The Labute approximate surface area is 146 Å². The first kappa shape index (κ1) is 18.5. The van der Waals surface area contributed by atoms with Gasteiger partial charge < -0.3 is 19.9 Å². The van der Waals surface area contributed by atoms with Crippen molar-refractivity contribution >= 4 is 12.1 Å². The van der Waals surface area contributed by atoms with E-state index < -0.39 is 24.2 Å². The molecule has 2 atom stereocenters. The van der Waals surface area contributed by atoms with Crippen LogP contribution in [0.1, 0.15) is 34.5 Å². The summed E-state index contributed by atoms with van der Waals surface area (Å²) in [7, 11) is 1.29. The molecule has 0 aliphatic rings. The molecule has 0 unspecified atom stereocenters. The van der Waals surface area contributed by atoms with Crippen LogP contribution in [0.5, 0.6) is 0 Å². The molecule has 0 aromatic heterocycles. The summed E-state index contributed by atoms with van der Waals surface area (Å²) < 4.78 is 9.79. The van der Waals surface area contributed by atoms with E-state index in [4.69, 9.17) is 4.74 Å². The standard InChI is InChI=1S/C19H21NO5/c1-13(20-19(23)25-12-14-7-4-3-5-8-14)17(21)15-9-6-10-16(11-15)18(22)24-2/h3-11,13,17,21H,12H2,1-2H3,(H,20,23)/t13-,17-/m0/s1. The second-order valence-electron chi connectivity index (χ2n) is 5.56. The van der Waals surface area contributed by atoms with Gasteiger partial charge >= 0.3 is 12.1 Å². The van der Waals surface area contributed by atoms with Gasteiger partial charge in [-0.25, -0.2) is 9.59 Å². The smallest absolute Gasteiger partial charge is 0.407 e. The molecule has 2 rings (SSSR count). The monoisotopic (exact) mass is 343 g/mol. The summed E-state index contributed by atoms with van der Waals surface area (Å²) in [5, 5.41) is 13.0.